The highest BCUT2D eigenvalue weighted by Crippen LogP contribution is 2.44. The number of hydrogen-bond acceptors (Lipinski definition) is 6. The number of ether oxygens (including phenoxy) is 1. The molecule has 0 unspecified atom stereocenters. The van der Waals surface area contributed by atoms with Gasteiger partial charge < -0.3 is 10.1 Å². The van der Waals surface area contributed by atoms with Crippen molar-refractivity contribution >= 4 is 63.0 Å². The predicted molar refractivity (Wildman–Crippen MR) is 139 cm³/mol. The number of para-hydroxylation sites is 1. The maximum absolute atomic E-state index is 13.5. The second-order valence-electron chi connectivity index (χ2n) is 8.15. The largest absolute Gasteiger partial charge is 0.385 e. The zero-order valence-electron chi connectivity index (χ0n) is 19.2. The van der Waals surface area contributed by atoms with E-state index in [9.17, 15) is 14.4 Å². The standard InChI is InChI=1S/C25H25N3O4S2/c1-15-9-10-16(2)18(13-15)26-20(29)14-28-19-8-5-4-7-17(19)21(23(28)30)22-24(31)27(25(33)34-22)11-6-12-32-3/h4-5,7-10,13H,6,11-12,14H2,1-3H3,(H,26,29)/b22-21-. The van der Waals surface area contributed by atoms with Crippen LogP contribution in [0.3, 0.4) is 0 Å². The van der Waals surface area contributed by atoms with E-state index in [2.05, 4.69) is 5.32 Å². The SMILES string of the molecule is COCCCN1C(=O)/C(=C2/C(=O)N(CC(=O)Nc3cc(C)ccc3C)c3ccccc32)SC1=S. The van der Waals surface area contributed by atoms with Crippen LogP contribution in [-0.2, 0) is 19.1 Å². The zero-order chi connectivity index (χ0) is 24.4. The highest BCUT2D eigenvalue weighted by molar-refractivity contribution is 8.26. The molecule has 0 radical (unpaired) electrons. The average Bonchev–Trinajstić information content (AvgIpc) is 3.23. The van der Waals surface area contributed by atoms with E-state index in [-0.39, 0.29) is 24.3 Å². The van der Waals surface area contributed by atoms with Gasteiger partial charge in [-0.2, -0.15) is 0 Å². The summed E-state index contributed by atoms with van der Waals surface area (Å²) in [5.41, 5.74) is 4.19. The Morgan fingerprint density at radius 2 is 1.85 bits per heavy atom. The van der Waals surface area contributed by atoms with Crippen molar-refractivity contribution in [3.8, 4) is 0 Å². The lowest BCUT2D eigenvalue weighted by atomic mass is 10.1. The van der Waals surface area contributed by atoms with E-state index in [4.69, 9.17) is 17.0 Å². The Morgan fingerprint density at radius 1 is 1.09 bits per heavy atom. The number of carbonyl (C=O) groups is 3. The fourth-order valence-corrected chi connectivity index (χ4v) is 5.35. The van der Waals surface area contributed by atoms with Gasteiger partial charge in [-0.15, -0.1) is 0 Å². The van der Waals surface area contributed by atoms with E-state index in [1.807, 2.05) is 38.1 Å². The molecule has 2 aromatic rings. The number of thiocarbonyl (C=S) groups is 1. The fraction of sp³-hybridized carbons (Fsp3) is 0.280. The van der Waals surface area contributed by atoms with Gasteiger partial charge in [0.05, 0.1) is 16.2 Å². The van der Waals surface area contributed by atoms with Crippen molar-refractivity contribution in [3.05, 3.63) is 64.1 Å². The monoisotopic (exact) mass is 495 g/mol. The number of anilines is 2. The first kappa shape index (κ1) is 24.1. The van der Waals surface area contributed by atoms with Crippen LogP contribution < -0.4 is 10.2 Å². The first-order chi connectivity index (χ1) is 16.3. The van der Waals surface area contributed by atoms with Crippen molar-refractivity contribution in [1.82, 2.24) is 4.90 Å². The minimum absolute atomic E-state index is 0.166. The van der Waals surface area contributed by atoms with Crippen LogP contribution in [0.15, 0.2) is 47.4 Å². The van der Waals surface area contributed by atoms with Crippen molar-refractivity contribution in [2.45, 2.75) is 20.3 Å². The molecule has 2 heterocycles. The number of aryl methyl sites for hydroxylation is 2. The van der Waals surface area contributed by atoms with Crippen LogP contribution in [0, 0.1) is 13.8 Å². The quantitative estimate of drug-likeness (QED) is 0.357. The number of methoxy groups -OCH3 is 1. The Balaban J connectivity index is 1.61. The molecule has 176 valence electrons. The van der Waals surface area contributed by atoms with Gasteiger partial charge in [-0.25, -0.2) is 0 Å². The minimum atomic E-state index is -0.380. The van der Waals surface area contributed by atoms with Gasteiger partial charge in [-0.3, -0.25) is 24.2 Å². The van der Waals surface area contributed by atoms with Crippen molar-refractivity contribution in [1.29, 1.82) is 0 Å². The van der Waals surface area contributed by atoms with Gasteiger partial charge in [0, 0.05) is 31.5 Å². The molecule has 34 heavy (non-hydrogen) atoms. The predicted octanol–water partition coefficient (Wildman–Crippen LogP) is 3.90. The lowest BCUT2D eigenvalue weighted by Gasteiger charge is -2.17. The Hall–Kier alpha value is -3.01. The Morgan fingerprint density at radius 3 is 2.62 bits per heavy atom. The second kappa shape index (κ2) is 10.1. The van der Waals surface area contributed by atoms with Crippen molar-refractivity contribution in [2.75, 3.05) is 37.0 Å². The number of nitrogens with zero attached hydrogens (tertiary/aromatic N) is 2. The zero-order valence-corrected chi connectivity index (χ0v) is 20.8. The topological polar surface area (TPSA) is 79.0 Å². The van der Waals surface area contributed by atoms with Crippen LogP contribution in [0.4, 0.5) is 11.4 Å². The molecular weight excluding hydrogens is 470 g/mol. The van der Waals surface area contributed by atoms with Crippen LogP contribution in [-0.4, -0.2) is 53.7 Å². The molecule has 3 amide bonds. The van der Waals surface area contributed by atoms with Gasteiger partial charge in [0.15, 0.2) is 0 Å². The molecule has 2 aromatic carbocycles. The molecule has 2 aliphatic heterocycles. The number of thioether (sulfide) groups is 1. The van der Waals surface area contributed by atoms with Crippen LogP contribution in [0.1, 0.15) is 23.1 Å². The summed E-state index contributed by atoms with van der Waals surface area (Å²) in [5.74, 6) is -0.981. The summed E-state index contributed by atoms with van der Waals surface area (Å²) >= 11 is 6.55. The van der Waals surface area contributed by atoms with Crippen molar-refractivity contribution in [2.24, 2.45) is 0 Å². The second-order valence-corrected chi connectivity index (χ2v) is 9.79. The fourth-order valence-electron chi connectivity index (χ4n) is 3.97. The molecule has 1 saturated heterocycles. The maximum atomic E-state index is 13.5. The highest BCUT2D eigenvalue weighted by atomic mass is 32.2. The molecule has 1 N–H and O–H groups in total. The Labute approximate surface area is 208 Å². The van der Waals surface area contributed by atoms with E-state index < -0.39 is 0 Å². The van der Waals surface area contributed by atoms with Gasteiger partial charge in [0.2, 0.25) is 5.91 Å². The van der Waals surface area contributed by atoms with E-state index in [1.54, 1.807) is 25.3 Å². The molecule has 9 heteroatoms. The summed E-state index contributed by atoms with van der Waals surface area (Å²) in [6.07, 6.45) is 0.640. The average molecular weight is 496 g/mol. The molecule has 1 fully saturated rings. The van der Waals surface area contributed by atoms with Crippen molar-refractivity contribution in [3.63, 3.8) is 0 Å². The number of fused-ring (bicyclic) bond motifs is 1. The smallest absolute Gasteiger partial charge is 0.267 e. The van der Waals surface area contributed by atoms with Crippen LogP contribution in [0.25, 0.3) is 5.57 Å². The number of benzene rings is 2. The summed E-state index contributed by atoms with van der Waals surface area (Å²) in [6, 6.07) is 13.0. The summed E-state index contributed by atoms with van der Waals surface area (Å²) in [5, 5.41) is 2.90. The summed E-state index contributed by atoms with van der Waals surface area (Å²) in [6.45, 7) is 4.63. The van der Waals surface area contributed by atoms with Gasteiger partial charge in [-0.05, 0) is 43.5 Å². The third-order valence-corrected chi connectivity index (χ3v) is 7.15. The van der Waals surface area contributed by atoms with Crippen LogP contribution in [0.2, 0.25) is 0 Å². The Kier molecular flexibility index (Phi) is 7.16. The molecule has 0 spiro atoms. The number of rotatable bonds is 7. The third-order valence-electron chi connectivity index (χ3n) is 5.70. The molecular formula is C25H25N3O4S2. The molecule has 0 bridgehead atoms. The minimum Gasteiger partial charge on any atom is -0.385 e. The van der Waals surface area contributed by atoms with Crippen LogP contribution >= 0.6 is 24.0 Å². The van der Waals surface area contributed by atoms with E-state index >= 15 is 0 Å². The number of carbonyl (C=O) groups excluding carboxylic acids is 3. The van der Waals surface area contributed by atoms with Gasteiger partial charge in [0.1, 0.15) is 10.9 Å². The number of amides is 3. The molecule has 2 aliphatic rings. The third kappa shape index (κ3) is 4.64. The molecule has 0 atom stereocenters. The normalized spacial score (nSPS) is 17.6. The Bertz CT molecular complexity index is 1220. The summed E-state index contributed by atoms with van der Waals surface area (Å²) in [7, 11) is 1.60. The molecule has 0 saturated carbocycles. The molecule has 7 nitrogen and oxygen atoms in total. The molecule has 0 aromatic heterocycles. The van der Waals surface area contributed by atoms with E-state index in [1.165, 1.54) is 9.80 Å². The van der Waals surface area contributed by atoms with E-state index in [0.717, 1.165) is 22.9 Å². The van der Waals surface area contributed by atoms with Gasteiger partial charge in [-0.1, -0.05) is 54.3 Å². The number of nitrogens with one attached hydrogen (secondary N) is 1. The van der Waals surface area contributed by atoms with Gasteiger partial charge in [0.25, 0.3) is 11.8 Å². The summed E-state index contributed by atoms with van der Waals surface area (Å²) < 4.78 is 5.49. The lowest BCUT2D eigenvalue weighted by molar-refractivity contribution is -0.122. The van der Waals surface area contributed by atoms with Crippen LogP contribution in [0.5, 0.6) is 0 Å². The maximum Gasteiger partial charge on any atom is 0.267 e. The lowest BCUT2D eigenvalue weighted by Crippen LogP contribution is -2.36. The first-order valence-electron chi connectivity index (χ1n) is 10.9. The molecule has 4 rings (SSSR count). The summed E-state index contributed by atoms with van der Waals surface area (Å²) in [4.78, 5) is 42.8. The highest BCUT2D eigenvalue weighted by Gasteiger charge is 2.42. The van der Waals surface area contributed by atoms with Gasteiger partial charge >= 0.3 is 0 Å². The van der Waals surface area contributed by atoms with Crippen molar-refractivity contribution < 1.29 is 19.1 Å². The molecule has 0 aliphatic carbocycles. The number of hydrogen-bond donors (Lipinski definition) is 1. The first-order valence-corrected chi connectivity index (χ1v) is 12.1. The van der Waals surface area contributed by atoms with E-state index in [0.29, 0.717) is 51.3 Å².